The molecule has 4 aromatic rings. The van der Waals surface area contributed by atoms with Gasteiger partial charge in [0.15, 0.2) is 5.78 Å². The Morgan fingerprint density at radius 3 is 2.33 bits per heavy atom. The summed E-state index contributed by atoms with van der Waals surface area (Å²) < 4.78 is 46.6. The van der Waals surface area contributed by atoms with Gasteiger partial charge in [0.25, 0.3) is 0 Å². The number of hydrogen-bond acceptors (Lipinski definition) is 5. The summed E-state index contributed by atoms with van der Waals surface area (Å²) in [6, 6.07) is 21.1. The van der Waals surface area contributed by atoms with Crippen LogP contribution in [0.5, 0.6) is 0 Å². The lowest BCUT2D eigenvalue weighted by molar-refractivity contribution is 0.0976. The minimum atomic E-state index is -3.85. The number of benzene rings is 3. The largest absolute Gasteiger partial charge is 0.385 e. The van der Waals surface area contributed by atoms with Crippen molar-refractivity contribution in [2.45, 2.75) is 77.3 Å². The van der Waals surface area contributed by atoms with Crippen LogP contribution in [-0.2, 0) is 29.4 Å². The molecule has 0 saturated heterocycles. The van der Waals surface area contributed by atoms with Crippen molar-refractivity contribution in [2.75, 3.05) is 11.9 Å². The van der Waals surface area contributed by atoms with Gasteiger partial charge in [-0.2, -0.15) is 0 Å². The second-order valence-electron chi connectivity index (χ2n) is 11.6. The molecule has 0 saturated carbocycles. The molecule has 0 aliphatic heterocycles. The maximum Gasteiger partial charge on any atom is 0.241 e. The summed E-state index contributed by atoms with van der Waals surface area (Å²) in [5.74, 6) is 0.233. The van der Waals surface area contributed by atoms with Crippen molar-refractivity contribution in [1.82, 2.24) is 14.3 Å². The van der Waals surface area contributed by atoms with E-state index in [1.165, 1.54) is 12.1 Å². The van der Waals surface area contributed by atoms with Gasteiger partial charge in [-0.25, -0.2) is 22.5 Å². The number of Topliss-reactive ketones (excluding diaryl/α,β-unsaturated/α-hetero) is 1. The third-order valence-electron chi connectivity index (χ3n) is 6.96. The number of aryl methyl sites for hydroxylation is 2. The number of aromatic nitrogens is 2. The lowest BCUT2D eigenvalue weighted by Gasteiger charge is -2.21. The van der Waals surface area contributed by atoms with Crippen LogP contribution >= 0.6 is 0 Å². The Hall–Kier alpha value is -3.82. The van der Waals surface area contributed by atoms with E-state index in [0.717, 1.165) is 23.6 Å². The van der Waals surface area contributed by atoms with Crippen molar-refractivity contribution in [1.29, 1.82) is 0 Å². The first-order valence-corrected chi connectivity index (χ1v) is 16.2. The van der Waals surface area contributed by atoms with Gasteiger partial charge in [0.2, 0.25) is 10.0 Å². The van der Waals surface area contributed by atoms with Crippen LogP contribution in [-0.4, -0.2) is 35.8 Å². The molecule has 0 atom stereocenters. The second kappa shape index (κ2) is 13.7. The number of imidazole rings is 1. The van der Waals surface area contributed by atoms with Crippen LogP contribution in [0.25, 0.3) is 11.1 Å². The Morgan fingerprint density at radius 1 is 0.977 bits per heavy atom. The van der Waals surface area contributed by atoms with Gasteiger partial charge in [-0.3, -0.25) is 4.79 Å². The van der Waals surface area contributed by atoms with Crippen molar-refractivity contribution in [2.24, 2.45) is 0 Å². The summed E-state index contributed by atoms with van der Waals surface area (Å²) in [5.41, 5.74) is 2.76. The van der Waals surface area contributed by atoms with Gasteiger partial charge in [0, 0.05) is 41.7 Å². The van der Waals surface area contributed by atoms with E-state index in [1.54, 1.807) is 51.1 Å². The molecule has 4 rings (SSSR count). The van der Waals surface area contributed by atoms with Crippen LogP contribution in [0.15, 0.2) is 77.7 Å². The van der Waals surface area contributed by atoms with E-state index in [-0.39, 0.29) is 23.6 Å². The van der Waals surface area contributed by atoms with Crippen molar-refractivity contribution in [3.8, 4) is 11.1 Å². The molecular weight excluding hydrogens is 563 g/mol. The number of nitrogens with zero attached hydrogens (tertiary/aromatic N) is 2. The van der Waals surface area contributed by atoms with Crippen LogP contribution < -0.4 is 10.0 Å². The Morgan fingerprint density at radius 2 is 1.67 bits per heavy atom. The third-order valence-corrected chi connectivity index (χ3v) is 8.77. The van der Waals surface area contributed by atoms with Gasteiger partial charge < -0.3 is 9.88 Å². The van der Waals surface area contributed by atoms with Crippen LogP contribution in [0.4, 0.5) is 10.1 Å². The Balaban J connectivity index is 1.65. The summed E-state index contributed by atoms with van der Waals surface area (Å²) in [6.07, 6.45) is 2.35. The number of rotatable bonds is 13. The number of halogens is 1. The molecule has 2 N–H and O–H groups in total. The maximum atomic E-state index is 15.8. The average Bonchev–Trinajstić information content (AvgIpc) is 3.30. The SMILES string of the molecule is CCCc1nc(CC)c(C(=O)CCNc2ccccc2)n1Cc1ccc(-c2ccccc2S(=O)(=O)NC(C)(C)C)cc1F. The number of hydrogen-bond donors (Lipinski definition) is 2. The van der Waals surface area contributed by atoms with E-state index in [4.69, 9.17) is 4.98 Å². The lowest BCUT2D eigenvalue weighted by Crippen LogP contribution is -2.40. The number of carbonyl (C=O) groups is 1. The smallest absolute Gasteiger partial charge is 0.241 e. The van der Waals surface area contributed by atoms with Crippen molar-refractivity contribution >= 4 is 21.5 Å². The van der Waals surface area contributed by atoms with Gasteiger partial charge in [-0.1, -0.05) is 62.4 Å². The molecule has 0 aliphatic carbocycles. The first kappa shape index (κ1) is 32.1. The third kappa shape index (κ3) is 7.97. The highest BCUT2D eigenvalue weighted by Crippen LogP contribution is 2.30. The van der Waals surface area contributed by atoms with Crippen LogP contribution in [0.2, 0.25) is 0 Å². The van der Waals surface area contributed by atoms with E-state index in [9.17, 15) is 13.2 Å². The monoisotopic (exact) mass is 604 g/mol. The minimum absolute atomic E-state index is 0.0438. The molecule has 0 unspecified atom stereocenters. The zero-order chi connectivity index (χ0) is 31.2. The second-order valence-corrected chi connectivity index (χ2v) is 13.3. The first-order chi connectivity index (χ1) is 20.4. The van der Waals surface area contributed by atoms with Crippen LogP contribution in [0, 0.1) is 5.82 Å². The number of carbonyl (C=O) groups excluding carboxylic acids is 1. The molecule has 228 valence electrons. The van der Waals surface area contributed by atoms with Gasteiger partial charge >= 0.3 is 0 Å². The van der Waals surface area contributed by atoms with Crippen LogP contribution in [0.3, 0.4) is 0 Å². The number of nitrogens with one attached hydrogen (secondary N) is 2. The number of para-hydroxylation sites is 1. The van der Waals surface area contributed by atoms with Crippen molar-refractivity contribution in [3.05, 3.63) is 101 Å². The zero-order valence-corrected chi connectivity index (χ0v) is 26.4. The molecule has 1 heterocycles. The van der Waals surface area contributed by atoms with Crippen molar-refractivity contribution < 1.29 is 17.6 Å². The standard InChI is InChI=1S/C34H41FN4O3S/c1-6-13-32-37-29(7-2)33(30(40)20-21-36-26-14-9-8-10-15-26)39(32)23-25-19-18-24(22-28(25)35)27-16-11-12-17-31(27)43(41,42)38-34(3,4)5/h8-12,14-19,22,36,38H,6-7,13,20-21,23H2,1-5H3. The predicted octanol–water partition coefficient (Wildman–Crippen LogP) is 7.01. The van der Waals surface area contributed by atoms with Gasteiger partial charge in [0.05, 0.1) is 17.1 Å². The Bertz CT molecular complexity index is 1680. The molecule has 1 aromatic heterocycles. The fraction of sp³-hybridized carbons (Fsp3) is 0.353. The molecule has 0 bridgehead atoms. The topological polar surface area (TPSA) is 93.1 Å². The average molecular weight is 605 g/mol. The summed E-state index contributed by atoms with van der Waals surface area (Å²) >= 11 is 0. The molecule has 43 heavy (non-hydrogen) atoms. The first-order valence-electron chi connectivity index (χ1n) is 14.8. The zero-order valence-electron chi connectivity index (χ0n) is 25.6. The van der Waals surface area contributed by atoms with Gasteiger partial charge in [0.1, 0.15) is 17.3 Å². The molecule has 9 heteroatoms. The molecule has 3 aromatic carbocycles. The highest BCUT2D eigenvalue weighted by molar-refractivity contribution is 7.89. The molecule has 7 nitrogen and oxygen atoms in total. The molecule has 0 fully saturated rings. The number of sulfonamides is 1. The van der Waals surface area contributed by atoms with Gasteiger partial charge in [-0.15, -0.1) is 0 Å². The van der Waals surface area contributed by atoms with Crippen LogP contribution in [0.1, 0.15) is 75.0 Å². The molecule has 0 spiro atoms. The lowest BCUT2D eigenvalue weighted by atomic mass is 10.0. The predicted molar refractivity (Wildman–Crippen MR) is 170 cm³/mol. The fourth-order valence-electron chi connectivity index (χ4n) is 5.10. The highest BCUT2D eigenvalue weighted by atomic mass is 32.2. The fourth-order valence-corrected chi connectivity index (χ4v) is 6.75. The van der Waals surface area contributed by atoms with E-state index in [2.05, 4.69) is 10.0 Å². The molecule has 0 amide bonds. The van der Waals surface area contributed by atoms with E-state index in [1.807, 2.05) is 48.7 Å². The Labute approximate surface area is 254 Å². The molecule has 0 aliphatic rings. The number of ketones is 1. The normalized spacial score (nSPS) is 12.0. The van der Waals surface area contributed by atoms with E-state index in [0.29, 0.717) is 41.8 Å². The van der Waals surface area contributed by atoms with E-state index >= 15 is 4.39 Å². The van der Waals surface area contributed by atoms with E-state index < -0.39 is 21.4 Å². The summed E-state index contributed by atoms with van der Waals surface area (Å²) in [5, 5.41) is 3.28. The summed E-state index contributed by atoms with van der Waals surface area (Å²) in [6.45, 7) is 9.94. The summed E-state index contributed by atoms with van der Waals surface area (Å²) in [7, 11) is -3.85. The quantitative estimate of drug-likeness (QED) is 0.160. The molecule has 0 radical (unpaired) electrons. The van der Waals surface area contributed by atoms with Gasteiger partial charge in [-0.05, 0) is 63.4 Å². The number of anilines is 1. The Kier molecular flexibility index (Phi) is 10.2. The highest BCUT2D eigenvalue weighted by Gasteiger charge is 2.26. The summed E-state index contributed by atoms with van der Waals surface area (Å²) in [4.78, 5) is 18.4. The minimum Gasteiger partial charge on any atom is -0.385 e. The molecular formula is C34H41FN4O3S. The van der Waals surface area contributed by atoms with Crippen molar-refractivity contribution in [3.63, 3.8) is 0 Å². The maximum absolute atomic E-state index is 15.8.